The predicted molar refractivity (Wildman–Crippen MR) is 79.1 cm³/mol. The van der Waals surface area contributed by atoms with Gasteiger partial charge in [0.2, 0.25) is 5.91 Å². The van der Waals surface area contributed by atoms with Gasteiger partial charge in [0.25, 0.3) is 0 Å². The van der Waals surface area contributed by atoms with Crippen molar-refractivity contribution in [3.05, 3.63) is 20.2 Å². The summed E-state index contributed by atoms with van der Waals surface area (Å²) in [5, 5.41) is 9.19. The van der Waals surface area contributed by atoms with Gasteiger partial charge in [-0.15, -0.1) is 0 Å². The van der Waals surface area contributed by atoms with Crippen LogP contribution in [0.1, 0.15) is 29.8 Å². The third-order valence-corrected chi connectivity index (χ3v) is 5.05. The van der Waals surface area contributed by atoms with Crippen LogP contribution < -0.4 is 4.87 Å². The highest BCUT2D eigenvalue weighted by atomic mass is 32.1. The zero-order valence-corrected chi connectivity index (χ0v) is 12.9. The topological polar surface area (TPSA) is 62.5 Å². The Labute approximate surface area is 122 Å². The Morgan fingerprint density at radius 2 is 2.20 bits per heavy atom. The molecule has 0 aliphatic carbocycles. The van der Waals surface area contributed by atoms with Crippen molar-refractivity contribution in [1.29, 1.82) is 0 Å². The fourth-order valence-electron chi connectivity index (χ4n) is 2.65. The van der Waals surface area contributed by atoms with Crippen molar-refractivity contribution < 1.29 is 9.90 Å². The van der Waals surface area contributed by atoms with Crippen LogP contribution in [0.2, 0.25) is 0 Å². The normalized spacial score (nSPS) is 19.4. The van der Waals surface area contributed by atoms with Crippen molar-refractivity contribution in [3.8, 4) is 0 Å². The van der Waals surface area contributed by atoms with Crippen LogP contribution in [0.15, 0.2) is 4.79 Å². The monoisotopic (exact) mass is 298 g/mol. The number of piperidine rings is 1. The first-order valence-corrected chi connectivity index (χ1v) is 7.90. The molecule has 1 aromatic rings. The van der Waals surface area contributed by atoms with Crippen LogP contribution in [0.25, 0.3) is 0 Å². The first-order chi connectivity index (χ1) is 9.52. The minimum Gasteiger partial charge on any atom is -0.396 e. The summed E-state index contributed by atoms with van der Waals surface area (Å²) in [6, 6.07) is 0. The lowest BCUT2D eigenvalue weighted by atomic mass is 9.99. The Balaban J connectivity index is 1.93. The molecule has 1 amide bonds. The second-order valence-corrected chi connectivity index (χ2v) is 6.61. The zero-order valence-electron chi connectivity index (χ0n) is 12.1. The summed E-state index contributed by atoms with van der Waals surface area (Å²) >= 11 is 1.24. The quantitative estimate of drug-likeness (QED) is 0.907. The Bertz CT molecular complexity index is 535. The zero-order chi connectivity index (χ0) is 14.7. The number of aromatic nitrogens is 1. The number of hydrogen-bond acceptors (Lipinski definition) is 4. The van der Waals surface area contributed by atoms with Gasteiger partial charge in [0.15, 0.2) is 0 Å². The molecule has 0 spiro atoms. The maximum absolute atomic E-state index is 12.2. The summed E-state index contributed by atoms with van der Waals surface area (Å²) in [5.41, 5.74) is 0.958. The fraction of sp³-hybridized carbons (Fsp3) is 0.714. The third kappa shape index (κ3) is 3.30. The van der Waals surface area contributed by atoms with Gasteiger partial charge in [-0.05, 0) is 32.6 Å². The number of amides is 1. The molecule has 2 rings (SSSR count). The number of hydrogen-bond donors (Lipinski definition) is 1. The highest BCUT2D eigenvalue weighted by Gasteiger charge is 2.23. The summed E-state index contributed by atoms with van der Waals surface area (Å²) in [6.07, 6.45) is 2.30. The van der Waals surface area contributed by atoms with E-state index in [2.05, 4.69) is 0 Å². The van der Waals surface area contributed by atoms with Crippen molar-refractivity contribution in [2.75, 3.05) is 19.7 Å². The Hall–Kier alpha value is -1.14. The molecular weight excluding hydrogens is 276 g/mol. The molecule has 1 aliphatic heterocycles. The van der Waals surface area contributed by atoms with Crippen LogP contribution >= 0.6 is 11.3 Å². The first kappa shape index (κ1) is 15.3. The Morgan fingerprint density at radius 3 is 2.80 bits per heavy atom. The minimum atomic E-state index is 0.0136. The third-order valence-electron chi connectivity index (χ3n) is 4.05. The van der Waals surface area contributed by atoms with E-state index in [1.165, 1.54) is 11.3 Å². The number of thiazole rings is 1. The number of carbonyl (C=O) groups excluding carboxylic acids is 1. The van der Waals surface area contributed by atoms with Crippen molar-refractivity contribution in [1.82, 2.24) is 9.47 Å². The van der Waals surface area contributed by atoms with Crippen molar-refractivity contribution in [3.63, 3.8) is 0 Å². The van der Waals surface area contributed by atoms with Gasteiger partial charge in [-0.3, -0.25) is 9.59 Å². The SMILES string of the molecule is Cc1sc(=O)n(CCC(=O)N2CCCC(CO)C2)c1C. The summed E-state index contributed by atoms with van der Waals surface area (Å²) < 4.78 is 1.69. The molecule has 2 heterocycles. The minimum absolute atomic E-state index is 0.0136. The van der Waals surface area contributed by atoms with Crippen LogP contribution in [0.5, 0.6) is 0 Å². The Morgan fingerprint density at radius 1 is 1.45 bits per heavy atom. The van der Waals surface area contributed by atoms with Gasteiger partial charge in [-0.2, -0.15) is 0 Å². The standard InChI is InChI=1S/C14H22N2O3S/c1-10-11(2)20-14(19)16(10)7-5-13(18)15-6-3-4-12(8-15)9-17/h12,17H,3-9H2,1-2H3. The number of aliphatic hydroxyl groups is 1. The molecule has 1 atom stereocenters. The molecule has 0 saturated carbocycles. The number of carbonyl (C=O) groups is 1. The predicted octanol–water partition coefficient (Wildman–Crippen LogP) is 1.15. The summed E-state index contributed by atoms with van der Waals surface area (Å²) in [7, 11) is 0. The van der Waals surface area contributed by atoms with Gasteiger partial charge in [0, 0.05) is 43.2 Å². The summed E-state index contributed by atoms with van der Waals surface area (Å²) in [4.78, 5) is 26.8. The first-order valence-electron chi connectivity index (χ1n) is 7.08. The number of likely N-dealkylation sites (tertiary alicyclic amines) is 1. The molecule has 5 nitrogen and oxygen atoms in total. The maximum Gasteiger partial charge on any atom is 0.307 e. The molecule has 1 saturated heterocycles. The van der Waals surface area contributed by atoms with E-state index < -0.39 is 0 Å². The van der Waals surface area contributed by atoms with Gasteiger partial charge >= 0.3 is 4.87 Å². The van der Waals surface area contributed by atoms with Crippen molar-refractivity contribution >= 4 is 17.2 Å². The Kier molecular flexibility index (Phi) is 4.99. The maximum atomic E-state index is 12.2. The molecule has 0 bridgehead atoms. The fourth-order valence-corrected chi connectivity index (χ4v) is 3.51. The molecular formula is C14H22N2O3S. The molecule has 0 aromatic carbocycles. The lowest BCUT2D eigenvalue weighted by Gasteiger charge is -2.32. The van der Waals surface area contributed by atoms with E-state index >= 15 is 0 Å². The highest BCUT2D eigenvalue weighted by molar-refractivity contribution is 7.09. The van der Waals surface area contributed by atoms with E-state index in [0.29, 0.717) is 19.5 Å². The van der Waals surface area contributed by atoms with Crippen LogP contribution in [0.4, 0.5) is 0 Å². The average Bonchev–Trinajstić information content (AvgIpc) is 2.70. The van der Waals surface area contributed by atoms with E-state index in [9.17, 15) is 14.7 Å². The molecule has 1 N–H and O–H groups in total. The van der Waals surface area contributed by atoms with E-state index in [1.807, 2.05) is 18.7 Å². The van der Waals surface area contributed by atoms with Crippen LogP contribution in [-0.4, -0.2) is 40.2 Å². The molecule has 6 heteroatoms. The average molecular weight is 298 g/mol. The molecule has 1 aliphatic rings. The van der Waals surface area contributed by atoms with E-state index in [-0.39, 0.29) is 23.3 Å². The molecule has 20 heavy (non-hydrogen) atoms. The highest BCUT2D eigenvalue weighted by Crippen LogP contribution is 2.17. The van der Waals surface area contributed by atoms with Gasteiger partial charge in [-0.1, -0.05) is 11.3 Å². The van der Waals surface area contributed by atoms with Gasteiger partial charge in [-0.25, -0.2) is 0 Å². The second-order valence-electron chi connectivity index (χ2n) is 5.44. The molecule has 1 aromatic heterocycles. The van der Waals surface area contributed by atoms with E-state index in [0.717, 1.165) is 30.0 Å². The number of aliphatic hydroxyl groups excluding tert-OH is 1. The van der Waals surface area contributed by atoms with Gasteiger partial charge in [0.05, 0.1) is 0 Å². The van der Waals surface area contributed by atoms with Gasteiger partial charge < -0.3 is 14.6 Å². The van der Waals surface area contributed by atoms with Gasteiger partial charge in [0.1, 0.15) is 0 Å². The summed E-state index contributed by atoms with van der Waals surface area (Å²) in [6.45, 7) is 5.86. The summed E-state index contributed by atoms with van der Waals surface area (Å²) in [5.74, 6) is 0.291. The van der Waals surface area contributed by atoms with Crippen LogP contribution in [-0.2, 0) is 11.3 Å². The number of rotatable bonds is 4. The molecule has 1 unspecified atom stereocenters. The molecule has 1 fully saturated rings. The van der Waals surface area contributed by atoms with Crippen molar-refractivity contribution in [2.45, 2.75) is 39.7 Å². The number of aryl methyl sites for hydroxylation is 1. The largest absolute Gasteiger partial charge is 0.396 e. The second kappa shape index (κ2) is 6.54. The van der Waals surface area contributed by atoms with Crippen LogP contribution in [0.3, 0.4) is 0 Å². The smallest absolute Gasteiger partial charge is 0.307 e. The van der Waals surface area contributed by atoms with E-state index in [4.69, 9.17) is 0 Å². The molecule has 112 valence electrons. The number of nitrogens with zero attached hydrogens (tertiary/aromatic N) is 2. The van der Waals surface area contributed by atoms with Crippen molar-refractivity contribution in [2.24, 2.45) is 5.92 Å². The lowest BCUT2D eigenvalue weighted by Crippen LogP contribution is -2.41. The lowest BCUT2D eigenvalue weighted by molar-refractivity contribution is -0.133. The van der Waals surface area contributed by atoms with Crippen LogP contribution in [0, 0.1) is 19.8 Å². The van der Waals surface area contributed by atoms with E-state index in [1.54, 1.807) is 4.57 Å². The molecule has 0 radical (unpaired) electrons.